The molecular formula is C21H24O. The lowest BCUT2D eigenvalue weighted by Crippen LogP contribution is -2.24. The van der Waals surface area contributed by atoms with Gasteiger partial charge in [0.05, 0.1) is 7.11 Å². The molecule has 0 spiro atoms. The first kappa shape index (κ1) is 13.9. The van der Waals surface area contributed by atoms with E-state index in [-0.39, 0.29) is 0 Å². The van der Waals surface area contributed by atoms with Crippen LogP contribution < -0.4 is 4.74 Å². The van der Waals surface area contributed by atoms with Gasteiger partial charge >= 0.3 is 0 Å². The van der Waals surface area contributed by atoms with E-state index in [0.29, 0.717) is 17.3 Å². The zero-order valence-electron chi connectivity index (χ0n) is 13.7. The Balaban J connectivity index is 1.81. The predicted molar refractivity (Wildman–Crippen MR) is 90.7 cm³/mol. The largest absolute Gasteiger partial charge is 0.497 e. The van der Waals surface area contributed by atoms with E-state index in [0.717, 1.165) is 12.2 Å². The number of benzene rings is 2. The Bertz CT molecular complexity index is 718. The fraction of sp³-hybridized carbons (Fsp3) is 0.429. The minimum absolute atomic E-state index is 0.343. The van der Waals surface area contributed by atoms with Crippen LogP contribution in [0.1, 0.15) is 54.4 Å². The van der Waals surface area contributed by atoms with Crippen molar-refractivity contribution in [2.24, 2.45) is 5.41 Å². The van der Waals surface area contributed by atoms with Gasteiger partial charge in [-0.2, -0.15) is 0 Å². The molecule has 0 aliphatic heterocycles. The van der Waals surface area contributed by atoms with E-state index in [4.69, 9.17) is 4.74 Å². The lowest BCUT2D eigenvalue weighted by molar-refractivity contribution is 0.265. The fourth-order valence-electron chi connectivity index (χ4n) is 4.82. The van der Waals surface area contributed by atoms with Gasteiger partial charge in [-0.15, -0.1) is 0 Å². The maximum atomic E-state index is 5.46. The van der Waals surface area contributed by atoms with Crippen LogP contribution in [0.5, 0.6) is 5.75 Å². The van der Waals surface area contributed by atoms with Gasteiger partial charge < -0.3 is 4.74 Å². The Hall–Kier alpha value is -1.76. The van der Waals surface area contributed by atoms with Gasteiger partial charge in [-0.05, 0) is 70.9 Å². The third-order valence-electron chi connectivity index (χ3n) is 5.93. The molecule has 3 atom stereocenters. The molecular weight excluding hydrogens is 268 g/mol. The molecule has 1 nitrogen and oxygen atoms in total. The van der Waals surface area contributed by atoms with Crippen LogP contribution in [0.25, 0.3) is 0 Å². The van der Waals surface area contributed by atoms with Crippen LogP contribution in [0.15, 0.2) is 42.5 Å². The predicted octanol–water partition coefficient (Wildman–Crippen LogP) is 5.09. The third kappa shape index (κ3) is 1.99. The summed E-state index contributed by atoms with van der Waals surface area (Å²) in [5.41, 5.74) is 6.51. The molecule has 2 aromatic carbocycles. The molecule has 22 heavy (non-hydrogen) atoms. The van der Waals surface area contributed by atoms with E-state index < -0.39 is 0 Å². The smallest absolute Gasteiger partial charge is 0.119 e. The van der Waals surface area contributed by atoms with Gasteiger partial charge in [0.25, 0.3) is 0 Å². The van der Waals surface area contributed by atoms with E-state index in [1.165, 1.54) is 24.0 Å². The zero-order chi connectivity index (χ0) is 15.3. The van der Waals surface area contributed by atoms with Crippen molar-refractivity contribution in [3.8, 4) is 5.75 Å². The summed E-state index contributed by atoms with van der Waals surface area (Å²) in [5, 5.41) is 0. The number of fused-ring (bicyclic) bond motifs is 4. The number of methoxy groups -OCH3 is 1. The van der Waals surface area contributed by atoms with Gasteiger partial charge in [-0.1, -0.05) is 44.2 Å². The van der Waals surface area contributed by atoms with Crippen molar-refractivity contribution in [2.75, 3.05) is 7.11 Å². The second kappa shape index (κ2) is 4.87. The highest BCUT2D eigenvalue weighted by Gasteiger charge is 2.45. The monoisotopic (exact) mass is 292 g/mol. The van der Waals surface area contributed by atoms with E-state index in [1.54, 1.807) is 18.2 Å². The minimum Gasteiger partial charge on any atom is -0.497 e. The molecule has 2 aliphatic rings. The summed E-state index contributed by atoms with van der Waals surface area (Å²) < 4.78 is 5.46. The van der Waals surface area contributed by atoms with Crippen LogP contribution in [-0.4, -0.2) is 7.11 Å². The number of ether oxygens (including phenoxy) is 1. The van der Waals surface area contributed by atoms with Crippen LogP contribution in [0.4, 0.5) is 0 Å². The van der Waals surface area contributed by atoms with E-state index in [2.05, 4.69) is 56.3 Å². The molecule has 0 aromatic heterocycles. The van der Waals surface area contributed by atoms with Gasteiger partial charge in [-0.3, -0.25) is 0 Å². The summed E-state index contributed by atoms with van der Waals surface area (Å²) in [4.78, 5) is 0. The minimum atomic E-state index is 0.343. The maximum Gasteiger partial charge on any atom is 0.119 e. The second-order valence-electron chi connectivity index (χ2n) is 7.46. The molecule has 0 fully saturated rings. The second-order valence-corrected chi connectivity index (χ2v) is 7.46. The molecule has 0 radical (unpaired) electrons. The first-order chi connectivity index (χ1) is 10.6. The van der Waals surface area contributed by atoms with Crippen molar-refractivity contribution in [3.63, 3.8) is 0 Å². The van der Waals surface area contributed by atoms with Crippen LogP contribution in [0, 0.1) is 5.41 Å². The highest BCUT2D eigenvalue weighted by Crippen LogP contribution is 2.55. The van der Waals surface area contributed by atoms with Crippen LogP contribution in [-0.2, 0) is 12.8 Å². The Morgan fingerprint density at radius 2 is 1.77 bits per heavy atom. The zero-order valence-corrected chi connectivity index (χ0v) is 13.7. The number of hydrogen-bond acceptors (Lipinski definition) is 1. The highest BCUT2D eigenvalue weighted by atomic mass is 16.5. The van der Waals surface area contributed by atoms with Gasteiger partial charge in [0.1, 0.15) is 5.75 Å². The van der Waals surface area contributed by atoms with E-state index in [1.807, 2.05) is 0 Å². The molecule has 3 unspecified atom stereocenters. The lowest BCUT2D eigenvalue weighted by Gasteiger charge is -2.31. The Morgan fingerprint density at radius 3 is 2.59 bits per heavy atom. The van der Waals surface area contributed by atoms with E-state index in [9.17, 15) is 0 Å². The molecule has 0 saturated carbocycles. The van der Waals surface area contributed by atoms with Gasteiger partial charge in [-0.25, -0.2) is 0 Å². The summed E-state index contributed by atoms with van der Waals surface area (Å²) in [5.74, 6) is 2.28. The first-order valence-electron chi connectivity index (χ1n) is 8.35. The van der Waals surface area contributed by atoms with Crippen molar-refractivity contribution in [3.05, 3.63) is 64.7 Å². The van der Waals surface area contributed by atoms with E-state index >= 15 is 0 Å². The standard InChI is InChI=1S/C21H24O/c1-14-10-20-19-7-5-4-6-15(19)12-21(20,2)13-16-11-17(22-3)8-9-18(14)16/h4-9,11,14,20H,10,12-13H2,1-3H3. The molecule has 1 heteroatoms. The number of hydrogen-bond donors (Lipinski definition) is 0. The van der Waals surface area contributed by atoms with Crippen molar-refractivity contribution in [1.82, 2.24) is 0 Å². The van der Waals surface area contributed by atoms with Gasteiger partial charge in [0.15, 0.2) is 0 Å². The summed E-state index contributed by atoms with van der Waals surface area (Å²) in [6.45, 7) is 4.87. The summed E-state index contributed by atoms with van der Waals surface area (Å²) in [6, 6.07) is 15.7. The average Bonchev–Trinajstić information content (AvgIpc) is 2.73. The Morgan fingerprint density at radius 1 is 1.00 bits per heavy atom. The highest BCUT2D eigenvalue weighted by molar-refractivity contribution is 5.45. The van der Waals surface area contributed by atoms with Gasteiger partial charge in [0.2, 0.25) is 0 Å². The van der Waals surface area contributed by atoms with Crippen molar-refractivity contribution < 1.29 is 4.74 Å². The van der Waals surface area contributed by atoms with Crippen LogP contribution in [0.3, 0.4) is 0 Å². The molecule has 0 amide bonds. The van der Waals surface area contributed by atoms with Crippen molar-refractivity contribution in [1.29, 1.82) is 0 Å². The molecule has 0 N–H and O–H groups in total. The Labute approximate surface area is 133 Å². The average molecular weight is 292 g/mol. The van der Waals surface area contributed by atoms with Crippen LogP contribution >= 0.6 is 0 Å². The third-order valence-corrected chi connectivity index (χ3v) is 5.93. The van der Waals surface area contributed by atoms with Gasteiger partial charge in [0, 0.05) is 0 Å². The Kier molecular flexibility index (Phi) is 3.07. The summed E-state index contributed by atoms with van der Waals surface area (Å²) in [7, 11) is 1.76. The molecule has 0 bridgehead atoms. The van der Waals surface area contributed by atoms with Crippen molar-refractivity contribution in [2.45, 2.75) is 44.9 Å². The molecule has 2 aromatic rings. The quantitative estimate of drug-likeness (QED) is 0.711. The first-order valence-corrected chi connectivity index (χ1v) is 8.35. The molecule has 4 rings (SSSR count). The molecule has 0 saturated heterocycles. The molecule has 0 heterocycles. The maximum absolute atomic E-state index is 5.46. The fourth-order valence-corrected chi connectivity index (χ4v) is 4.82. The number of rotatable bonds is 1. The normalized spacial score (nSPS) is 29.2. The lowest BCUT2D eigenvalue weighted by atomic mass is 9.73. The summed E-state index contributed by atoms with van der Waals surface area (Å²) in [6.07, 6.45) is 3.62. The van der Waals surface area contributed by atoms with Crippen LogP contribution in [0.2, 0.25) is 0 Å². The van der Waals surface area contributed by atoms with Crippen molar-refractivity contribution >= 4 is 0 Å². The molecule has 114 valence electrons. The topological polar surface area (TPSA) is 9.23 Å². The summed E-state index contributed by atoms with van der Waals surface area (Å²) >= 11 is 0. The molecule has 2 aliphatic carbocycles. The SMILES string of the molecule is COc1ccc2c(c1)CC1(C)Cc3ccccc3C1CC2C.